The van der Waals surface area contributed by atoms with Crippen molar-refractivity contribution in [2.24, 2.45) is 7.05 Å². The first-order valence-corrected chi connectivity index (χ1v) is 8.48. The molecule has 1 aliphatic rings. The molecule has 1 aromatic rings. The number of hydrogen-bond acceptors (Lipinski definition) is 3. The summed E-state index contributed by atoms with van der Waals surface area (Å²) >= 11 is 0. The number of aromatic nitrogens is 2. The SMILES string of the molecule is CCCNC(CCc1ccnn1C)C1(N(C)C)CCCC1. The van der Waals surface area contributed by atoms with Gasteiger partial charge in [-0.3, -0.25) is 4.68 Å². The van der Waals surface area contributed by atoms with Crippen LogP contribution in [0.25, 0.3) is 0 Å². The minimum absolute atomic E-state index is 0.341. The van der Waals surface area contributed by atoms with E-state index in [4.69, 9.17) is 0 Å². The zero-order valence-electron chi connectivity index (χ0n) is 14.2. The largest absolute Gasteiger partial charge is 0.312 e. The minimum Gasteiger partial charge on any atom is -0.312 e. The van der Waals surface area contributed by atoms with E-state index in [9.17, 15) is 0 Å². The molecule has 0 saturated heterocycles. The third-order valence-electron chi connectivity index (χ3n) is 5.26. The van der Waals surface area contributed by atoms with Crippen molar-refractivity contribution in [1.82, 2.24) is 20.0 Å². The molecule has 1 unspecified atom stereocenters. The van der Waals surface area contributed by atoms with Gasteiger partial charge in [-0.15, -0.1) is 0 Å². The lowest BCUT2D eigenvalue weighted by atomic mass is 9.83. The van der Waals surface area contributed by atoms with Gasteiger partial charge in [0.25, 0.3) is 0 Å². The van der Waals surface area contributed by atoms with E-state index in [1.807, 2.05) is 17.9 Å². The lowest BCUT2D eigenvalue weighted by Crippen LogP contribution is -2.57. The molecular weight excluding hydrogens is 260 g/mol. The number of rotatable bonds is 8. The molecule has 1 aliphatic carbocycles. The first-order valence-electron chi connectivity index (χ1n) is 8.48. The van der Waals surface area contributed by atoms with Gasteiger partial charge in [0.15, 0.2) is 0 Å². The van der Waals surface area contributed by atoms with Crippen LogP contribution >= 0.6 is 0 Å². The maximum atomic E-state index is 4.29. The van der Waals surface area contributed by atoms with E-state index >= 15 is 0 Å². The molecule has 4 nitrogen and oxygen atoms in total. The molecule has 21 heavy (non-hydrogen) atoms. The first-order chi connectivity index (χ1) is 10.1. The topological polar surface area (TPSA) is 33.1 Å². The van der Waals surface area contributed by atoms with Gasteiger partial charge in [0, 0.05) is 30.5 Å². The van der Waals surface area contributed by atoms with E-state index in [-0.39, 0.29) is 0 Å². The molecule has 0 spiro atoms. The van der Waals surface area contributed by atoms with Gasteiger partial charge in [-0.05, 0) is 58.8 Å². The zero-order valence-corrected chi connectivity index (χ0v) is 14.2. The van der Waals surface area contributed by atoms with Crippen molar-refractivity contribution < 1.29 is 0 Å². The van der Waals surface area contributed by atoms with Crippen molar-refractivity contribution >= 4 is 0 Å². The van der Waals surface area contributed by atoms with Crippen LogP contribution in [0.3, 0.4) is 0 Å². The highest BCUT2D eigenvalue weighted by Crippen LogP contribution is 2.38. The smallest absolute Gasteiger partial charge is 0.0492 e. The predicted octanol–water partition coefficient (Wildman–Crippen LogP) is 2.60. The van der Waals surface area contributed by atoms with E-state index in [1.54, 1.807) is 0 Å². The van der Waals surface area contributed by atoms with Crippen LogP contribution in [-0.4, -0.2) is 46.9 Å². The Bertz CT molecular complexity index is 418. The Morgan fingerprint density at radius 3 is 2.62 bits per heavy atom. The summed E-state index contributed by atoms with van der Waals surface area (Å²) < 4.78 is 2.01. The Morgan fingerprint density at radius 1 is 1.38 bits per heavy atom. The number of nitrogens with one attached hydrogen (secondary N) is 1. The second-order valence-corrected chi connectivity index (χ2v) is 6.70. The Balaban J connectivity index is 2.07. The highest BCUT2D eigenvalue weighted by atomic mass is 15.3. The standard InChI is InChI=1S/C17H32N4/c1-5-13-18-16(9-8-15-10-14-19-21(15)4)17(20(2)3)11-6-7-12-17/h10,14,16,18H,5-9,11-13H2,1-4H3. The van der Waals surface area contributed by atoms with Crippen LogP contribution in [-0.2, 0) is 13.5 Å². The van der Waals surface area contributed by atoms with Gasteiger partial charge in [0.05, 0.1) is 0 Å². The first kappa shape index (κ1) is 16.5. The Morgan fingerprint density at radius 2 is 2.10 bits per heavy atom. The zero-order chi connectivity index (χ0) is 15.3. The van der Waals surface area contributed by atoms with E-state index < -0.39 is 0 Å². The summed E-state index contributed by atoms with van der Waals surface area (Å²) in [6, 6.07) is 2.72. The second-order valence-electron chi connectivity index (χ2n) is 6.70. The van der Waals surface area contributed by atoms with Crippen LogP contribution in [0, 0.1) is 0 Å². The molecule has 4 heteroatoms. The van der Waals surface area contributed by atoms with Crippen LogP contribution < -0.4 is 5.32 Å². The van der Waals surface area contributed by atoms with Gasteiger partial charge in [0.1, 0.15) is 0 Å². The Labute approximate surface area is 129 Å². The fourth-order valence-electron chi connectivity index (χ4n) is 3.91. The second kappa shape index (κ2) is 7.41. The van der Waals surface area contributed by atoms with Gasteiger partial charge in [-0.2, -0.15) is 5.10 Å². The molecule has 1 heterocycles. The van der Waals surface area contributed by atoms with Crippen molar-refractivity contribution in [2.75, 3.05) is 20.6 Å². The molecular formula is C17H32N4. The monoisotopic (exact) mass is 292 g/mol. The van der Waals surface area contributed by atoms with Crippen LogP contribution in [0.2, 0.25) is 0 Å². The molecule has 120 valence electrons. The molecule has 1 atom stereocenters. The molecule has 1 N–H and O–H groups in total. The minimum atomic E-state index is 0.341. The van der Waals surface area contributed by atoms with E-state index in [0.29, 0.717) is 11.6 Å². The Kier molecular flexibility index (Phi) is 5.82. The molecule has 0 radical (unpaired) electrons. The van der Waals surface area contributed by atoms with Gasteiger partial charge >= 0.3 is 0 Å². The fourth-order valence-corrected chi connectivity index (χ4v) is 3.91. The van der Waals surface area contributed by atoms with Crippen molar-refractivity contribution in [3.8, 4) is 0 Å². The van der Waals surface area contributed by atoms with E-state index in [1.165, 1.54) is 44.2 Å². The van der Waals surface area contributed by atoms with Crippen LogP contribution in [0.15, 0.2) is 12.3 Å². The van der Waals surface area contributed by atoms with Crippen LogP contribution in [0.5, 0.6) is 0 Å². The van der Waals surface area contributed by atoms with Crippen molar-refractivity contribution in [1.29, 1.82) is 0 Å². The third-order valence-corrected chi connectivity index (χ3v) is 5.26. The number of likely N-dealkylation sites (N-methyl/N-ethyl adjacent to an activating group) is 1. The summed E-state index contributed by atoms with van der Waals surface area (Å²) in [5, 5.41) is 8.14. The average Bonchev–Trinajstić information content (AvgIpc) is 3.09. The van der Waals surface area contributed by atoms with Crippen LogP contribution in [0.1, 0.15) is 51.1 Å². The Hall–Kier alpha value is -0.870. The van der Waals surface area contributed by atoms with Gasteiger partial charge in [-0.25, -0.2) is 0 Å². The summed E-state index contributed by atoms with van der Waals surface area (Å²) in [7, 11) is 6.56. The highest BCUT2D eigenvalue weighted by Gasteiger charge is 2.42. The van der Waals surface area contributed by atoms with Gasteiger partial charge in [0.2, 0.25) is 0 Å². The van der Waals surface area contributed by atoms with Crippen LogP contribution in [0.4, 0.5) is 0 Å². The lowest BCUT2D eigenvalue weighted by molar-refractivity contribution is 0.0997. The number of aryl methyl sites for hydroxylation is 2. The summed E-state index contributed by atoms with van der Waals surface area (Å²) in [4.78, 5) is 2.48. The summed E-state index contributed by atoms with van der Waals surface area (Å²) in [6.45, 7) is 3.37. The molecule has 2 rings (SSSR count). The molecule has 1 saturated carbocycles. The predicted molar refractivity (Wildman–Crippen MR) is 88.5 cm³/mol. The molecule has 0 aromatic carbocycles. The molecule has 0 aliphatic heterocycles. The maximum Gasteiger partial charge on any atom is 0.0492 e. The van der Waals surface area contributed by atoms with Gasteiger partial charge < -0.3 is 10.2 Å². The number of hydrogen-bond donors (Lipinski definition) is 1. The van der Waals surface area contributed by atoms with Crippen molar-refractivity contribution in [3.05, 3.63) is 18.0 Å². The molecule has 0 amide bonds. The van der Waals surface area contributed by atoms with E-state index in [0.717, 1.165) is 13.0 Å². The highest BCUT2D eigenvalue weighted by molar-refractivity contribution is 5.06. The van der Waals surface area contributed by atoms with Gasteiger partial charge in [-0.1, -0.05) is 19.8 Å². The summed E-state index contributed by atoms with van der Waals surface area (Å²) in [6.07, 6.45) is 10.8. The molecule has 1 fully saturated rings. The summed E-state index contributed by atoms with van der Waals surface area (Å²) in [5.74, 6) is 0. The normalized spacial score (nSPS) is 19.3. The van der Waals surface area contributed by atoms with Crippen molar-refractivity contribution in [2.45, 2.75) is 63.5 Å². The lowest BCUT2D eigenvalue weighted by Gasteiger charge is -2.44. The van der Waals surface area contributed by atoms with Crippen molar-refractivity contribution in [3.63, 3.8) is 0 Å². The molecule has 0 bridgehead atoms. The molecule has 1 aromatic heterocycles. The summed E-state index contributed by atoms with van der Waals surface area (Å²) in [5.41, 5.74) is 1.68. The quantitative estimate of drug-likeness (QED) is 0.799. The maximum absolute atomic E-state index is 4.29. The van der Waals surface area contributed by atoms with E-state index in [2.05, 4.69) is 42.4 Å². The fraction of sp³-hybridized carbons (Fsp3) is 0.824. The number of nitrogens with zero attached hydrogens (tertiary/aromatic N) is 3. The third kappa shape index (κ3) is 3.67. The average molecular weight is 292 g/mol.